The van der Waals surface area contributed by atoms with E-state index in [0.29, 0.717) is 16.9 Å². The first-order chi connectivity index (χ1) is 14.8. The molecule has 1 saturated heterocycles. The molecule has 0 aromatic heterocycles. The average Bonchev–Trinajstić information content (AvgIpc) is 3.00. The minimum atomic E-state index is -1.03. The molecule has 0 saturated carbocycles. The number of amides is 2. The summed E-state index contributed by atoms with van der Waals surface area (Å²) in [7, 11) is 1.17. The van der Waals surface area contributed by atoms with Crippen LogP contribution in [0.5, 0.6) is 5.75 Å². The van der Waals surface area contributed by atoms with E-state index in [1.54, 1.807) is 30.3 Å². The molecule has 0 aliphatic carbocycles. The fraction of sp³-hybridized carbons (Fsp3) is 0.143. The molecule has 160 valence electrons. The van der Waals surface area contributed by atoms with Gasteiger partial charge in [0.1, 0.15) is 18.9 Å². The van der Waals surface area contributed by atoms with Gasteiger partial charge in [0.2, 0.25) is 0 Å². The summed E-state index contributed by atoms with van der Waals surface area (Å²) < 4.78 is 10.2. The molecule has 2 amide bonds. The lowest BCUT2D eigenvalue weighted by atomic mass is 10.1. The number of imide groups is 1. The number of nitrogens with zero attached hydrogens (tertiary/aromatic N) is 1. The van der Waals surface area contributed by atoms with E-state index in [0.717, 1.165) is 16.7 Å². The number of rotatable bonds is 7. The first kappa shape index (κ1) is 22.4. The lowest BCUT2D eigenvalue weighted by molar-refractivity contribution is -0.143. The summed E-state index contributed by atoms with van der Waals surface area (Å²) in [4.78, 5) is 47.7. The minimum Gasteiger partial charge on any atom is -0.487 e. The zero-order valence-corrected chi connectivity index (χ0v) is 17.7. The molecule has 8 nitrogen and oxygen atoms in total. The normalized spacial score (nSPS) is 14.8. The van der Waals surface area contributed by atoms with Gasteiger partial charge in [0.05, 0.1) is 22.6 Å². The number of ether oxygens (including phenoxy) is 2. The highest BCUT2D eigenvalue weighted by atomic mass is 35.5. The summed E-state index contributed by atoms with van der Waals surface area (Å²) in [6.07, 6.45) is 1.49. The highest BCUT2D eigenvalue weighted by molar-refractivity contribution is 8.18. The Morgan fingerprint density at radius 3 is 2.65 bits per heavy atom. The molecule has 1 heterocycles. The molecule has 0 bridgehead atoms. The number of esters is 1. The van der Waals surface area contributed by atoms with Crippen LogP contribution in [-0.4, -0.2) is 46.7 Å². The third-order valence-electron chi connectivity index (χ3n) is 4.21. The van der Waals surface area contributed by atoms with Crippen molar-refractivity contribution >= 4 is 52.5 Å². The smallest absolute Gasteiger partial charge is 0.335 e. The Hall–Kier alpha value is -3.30. The number of benzene rings is 2. The standard InChI is InChI=1S/C21H16ClNO7S/c1-29-18(24)10-23-19(25)17(31-21(23)28)9-12-5-6-16(15(22)8-12)30-11-13-3-2-4-14(7-13)20(26)27/h2-9H,10-11H2,1H3,(H,26,27)/b17-9+. The van der Waals surface area contributed by atoms with Crippen molar-refractivity contribution in [2.75, 3.05) is 13.7 Å². The monoisotopic (exact) mass is 461 g/mol. The molecule has 1 N–H and O–H groups in total. The Morgan fingerprint density at radius 2 is 1.97 bits per heavy atom. The van der Waals surface area contributed by atoms with E-state index in [1.165, 1.54) is 25.3 Å². The number of carbonyl (C=O) groups excluding carboxylic acids is 3. The lowest BCUT2D eigenvalue weighted by Crippen LogP contribution is -2.34. The second-order valence-electron chi connectivity index (χ2n) is 6.33. The van der Waals surface area contributed by atoms with E-state index in [2.05, 4.69) is 4.74 Å². The topological polar surface area (TPSA) is 110 Å². The van der Waals surface area contributed by atoms with Crippen LogP contribution in [0.4, 0.5) is 4.79 Å². The van der Waals surface area contributed by atoms with Crippen LogP contribution in [0.15, 0.2) is 47.4 Å². The Morgan fingerprint density at radius 1 is 1.19 bits per heavy atom. The third kappa shape index (κ3) is 5.44. The van der Waals surface area contributed by atoms with Gasteiger partial charge in [-0.2, -0.15) is 0 Å². The highest BCUT2D eigenvalue weighted by Crippen LogP contribution is 2.34. The van der Waals surface area contributed by atoms with Gasteiger partial charge in [-0.25, -0.2) is 4.79 Å². The van der Waals surface area contributed by atoms with E-state index in [1.807, 2.05) is 0 Å². The maximum Gasteiger partial charge on any atom is 0.335 e. The number of carboxylic acids is 1. The molecule has 0 atom stereocenters. The third-order valence-corrected chi connectivity index (χ3v) is 5.41. The van der Waals surface area contributed by atoms with Crippen LogP contribution in [0, 0.1) is 0 Å². The van der Waals surface area contributed by atoms with Crippen LogP contribution in [0.3, 0.4) is 0 Å². The van der Waals surface area contributed by atoms with Crippen LogP contribution in [0.2, 0.25) is 5.02 Å². The number of methoxy groups -OCH3 is 1. The van der Waals surface area contributed by atoms with Crippen LogP contribution < -0.4 is 4.74 Å². The molecular formula is C21H16ClNO7S. The highest BCUT2D eigenvalue weighted by Gasteiger charge is 2.36. The molecule has 10 heteroatoms. The zero-order valence-electron chi connectivity index (χ0n) is 16.2. The first-order valence-electron chi connectivity index (χ1n) is 8.85. The number of carbonyl (C=O) groups is 4. The molecule has 2 aromatic rings. The molecule has 1 fully saturated rings. The summed E-state index contributed by atoms with van der Waals surface area (Å²) in [6.45, 7) is -0.332. The van der Waals surface area contributed by atoms with Gasteiger partial charge in [-0.3, -0.25) is 19.3 Å². The quantitative estimate of drug-likeness (QED) is 0.489. The Labute approximate surface area is 186 Å². The Balaban J connectivity index is 1.70. The number of hydrogen-bond donors (Lipinski definition) is 1. The number of aromatic carboxylic acids is 1. The van der Waals surface area contributed by atoms with Gasteiger partial charge in [-0.05, 0) is 53.2 Å². The maximum atomic E-state index is 12.4. The van der Waals surface area contributed by atoms with Gasteiger partial charge in [-0.1, -0.05) is 29.8 Å². The summed E-state index contributed by atoms with van der Waals surface area (Å²) >= 11 is 6.98. The number of thioether (sulfide) groups is 1. The molecule has 0 radical (unpaired) electrons. The van der Waals surface area contributed by atoms with E-state index < -0.39 is 29.6 Å². The van der Waals surface area contributed by atoms with Crippen molar-refractivity contribution in [1.82, 2.24) is 4.90 Å². The van der Waals surface area contributed by atoms with Crippen molar-refractivity contribution < 1.29 is 33.8 Å². The van der Waals surface area contributed by atoms with Gasteiger partial charge in [0, 0.05) is 0 Å². The van der Waals surface area contributed by atoms with Crippen LogP contribution in [0.25, 0.3) is 6.08 Å². The van der Waals surface area contributed by atoms with Crippen molar-refractivity contribution in [2.24, 2.45) is 0 Å². The maximum absolute atomic E-state index is 12.4. The number of halogens is 1. The Kier molecular flexibility index (Phi) is 6.98. The van der Waals surface area contributed by atoms with Crippen LogP contribution >= 0.6 is 23.4 Å². The van der Waals surface area contributed by atoms with Gasteiger partial charge in [-0.15, -0.1) is 0 Å². The lowest BCUT2D eigenvalue weighted by Gasteiger charge is -2.10. The SMILES string of the molecule is COC(=O)CN1C(=O)S/C(=C/c2ccc(OCc3cccc(C(=O)O)c3)c(Cl)c2)C1=O. The summed E-state index contributed by atoms with van der Waals surface area (Å²) in [5.74, 6) is -1.93. The van der Waals surface area contributed by atoms with Crippen molar-refractivity contribution in [3.8, 4) is 5.75 Å². The van der Waals surface area contributed by atoms with Crippen molar-refractivity contribution in [2.45, 2.75) is 6.61 Å². The molecule has 1 aliphatic rings. The molecule has 31 heavy (non-hydrogen) atoms. The van der Waals surface area contributed by atoms with Crippen LogP contribution in [-0.2, 0) is 20.9 Å². The molecule has 2 aromatic carbocycles. The van der Waals surface area contributed by atoms with Gasteiger partial charge >= 0.3 is 11.9 Å². The Bertz CT molecular complexity index is 1100. The summed E-state index contributed by atoms with van der Waals surface area (Å²) in [5, 5.41) is 8.77. The fourth-order valence-corrected chi connectivity index (χ4v) is 3.74. The van der Waals surface area contributed by atoms with E-state index in [-0.39, 0.29) is 22.1 Å². The molecular weight excluding hydrogens is 446 g/mol. The average molecular weight is 462 g/mol. The van der Waals surface area contributed by atoms with E-state index in [4.69, 9.17) is 21.4 Å². The largest absolute Gasteiger partial charge is 0.487 e. The van der Waals surface area contributed by atoms with E-state index in [9.17, 15) is 19.2 Å². The number of hydrogen-bond acceptors (Lipinski definition) is 7. The molecule has 0 spiro atoms. The van der Waals surface area contributed by atoms with Crippen LogP contribution in [0.1, 0.15) is 21.5 Å². The van der Waals surface area contributed by atoms with Crippen molar-refractivity contribution in [3.63, 3.8) is 0 Å². The second-order valence-corrected chi connectivity index (χ2v) is 7.73. The first-order valence-corrected chi connectivity index (χ1v) is 10.0. The van der Waals surface area contributed by atoms with E-state index >= 15 is 0 Å². The second kappa shape index (κ2) is 9.67. The summed E-state index contributed by atoms with van der Waals surface area (Å²) in [5.41, 5.74) is 1.39. The minimum absolute atomic E-state index is 0.118. The van der Waals surface area contributed by atoms with Gasteiger partial charge in [0.25, 0.3) is 11.1 Å². The predicted octanol–water partition coefficient (Wildman–Crippen LogP) is 3.83. The van der Waals surface area contributed by atoms with Gasteiger partial charge in [0.15, 0.2) is 0 Å². The molecule has 1 aliphatic heterocycles. The predicted molar refractivity (Wildman–Crippen MR) is 114 cm³/mol. The molecule has 0 unspecified atom stereocenters. The zero-order chi connectivity index (χ0) is 22.5. The number of carboxylic acid groups (broad SMARTS) is 1. The summed E-state index contributed by atoms with van der Waals surface area (Å²) in [6, 6.07) is 11.2. The van der Waals surface area contributed by atoms with Crippen molar-refractivity contribution in [3.05, 3.63) is 69.1 Å². The molecule has 3 rings (SSSR count). The van der Waals surface area contributed by atoms with Gasteiger partial charge < -0.3 is 14.6 Å². The fourth-order valence-electron chi connectivity index (χ4n) is 2.66. The van der Waals surface area contributed by atoms with Crippen molar-refractivity contribution in [1.29, 1.82) is 0 Å².